The Morgan fingerprint density at radius 2 is 1.90 bits per heavy atom. The summed E-state index contributed by atoms with van der Waals surface area (Å²) in [6.07, 6.45) is 1.19. The largest absolute Gasteiger partial charge is 0.398 e. The van der Waals surface area contributed by atoms with Gasteiger partial charge in [-0.3, -0.25) is 9.88 Å². The van der Waals surface area contributed by atoms with Crippen molar-refractivity contribution in [1.82, 2.24) is 9.88 Å². The molecular formula is C17H25N3. The number of anilines is 1. The van der Waals surface area contributed by atoms with E-state index in [0.717, 1.165) is 28.8 Å². The molecule has 0 bridgehead atoms. The van der Waals surface area contributed by atoms with Crippen LogP contribution in [0.1, 0.15) is 32.9 Å². The quantitative estimate of drug-likeness (QED) is 0.902. The number of fused-ring (bicyclic) bond motifs is 1. The molecule has 3 nitrogen and oxygen atoms in total. The highest BCUT2D eigenvalue weighted by atomic mass is 15.1. The minimum atomic E-state index is 0.546. The minimum absolute atomic E-state index is 0.546. The average molecular weight is 271 g/mol. The number of nitrogens with two attached hydrogens (primary N) is 1. The van der Waals surface area contributed by atoms with E-state index in [4.69, 9.17) is 10.7 Å². The van der Waals surface area contributed by atoms with Gasteiger partial charge in [0.1, 0.15) is 0 Å². The molecule has 1 aromatic carbocycles. The highest BCUT2D eigenvalue weighted by molar-refractivity contribution is 5.90. The van der Waals surface area contributed by atoms with Crippen LogP contribution in [0.15, 0.2) is 30.3 Å². The van der Waals surface area contributed by atoms with Gasteiger partial charge in [0, 0.05) is 23.7 Å². The zero-order chi connectivity index (χ0) is 14.7. The summed E-state index contributed by atoms with van der Waals surface area (Å²) in [5.41, 5.74) is 8.97. The Morgan fingerprint density at radius 3 is 2.60 bits per heavy atom. The van der Waals surface area contributed by atoms with Gasteiger partial charge in [-0.05, 0) is 38.4 Å². The molecule has 0 aliphatic heterocycles. The van der Waals surface area contributed by atoms with E-state index in [1.54, 1.807) is 0 Å². The maximum absolute atomic E-state index is 6.13. The molecule has 108 valence electrons. The summed E-state index contributed by atoms with van der Waals surface area (Å²) in [4.78, 5) is 7.06. The number of nitrogens with zero attached hydrogens (tertiary/aromatic N) is 2. The van der Waals surface area contributed by atoms with Crippen LogP contribution < -0.4 is 5.73 Å². The molecular weight excluding hydrogens is 246 g/mol. The molecule has 0 spiro atoms. The number of hydrogen-bond acceptors (Lipinski definition) is 3. The van der Waals surface area contributed by atoms with E-state index >= 15 is 0 Å². The lowest BCUT2D eigenvalue weighted by atomic mass is 10.0. The first-order valence-electron chi connectivity index (χ1n) is 7.31. The van der Waals surface area contributed by atoms with Crippen molar-refractivity contribution < 1.29 is 0 Å². The van der Waals surface area contributed by atoms with Crippen molar-refractivity contribution in [3.8, 4) is 0 Å². The first-order chi connectivity index (χ1) is 9.47. The van der Waals surface area contributed by atoms with Crippen LogP contribution in [0.2, 0.25) is 0 Å². The van der Waals surface area contributed by atoms with Gasteiger partial charge in [-0.2, -0.15) is 0 Å². The number of pyridine rings is 1. The second kappa shape index (κ2) is 6.23. The van der Waals surface area contributed by atoms with Crippen molar-refractivity contribution >= 4 is 16.6 Å². The van der Waals surface area contributed by atoms with Gasteiger partial charge in [-0.1, -0.05) is 32.0 Å². The van der Waals surface area contributed by atoms with Gasteiger partial charge in [0.05, 0.1) is 11.2 Å². The Bertz CT molecular complexity index is 577. The van der Waals surface area contributed by atoms with Gasteiger partial charge in [-0.25, -0.2) is 0 Å². The fraction of sp³-hybridized carbons (Fsp3) is 0.471. The van der Waals surface area contributed by atoms with E-state index < -0.39 is 0 Å². The Balaban J connectivity index is 2.17. The highest BCUT2D eigenvalue weighted by Gasteiger charge is 2.13. The van der Waals surface area contributed by atoms with Crippen molar-refractivity contribution in [2.24, 2.45) is 5.92 Å². The summed E-state index contributed by atoms with van der Waals surface area (Å²) >= 11 is 0. The summed E-state index contributed by atoms with van der Waals surface area (Å²) in [6, 6.07) is 10.6. The molecule has 2 rings (SSSR count). The zero-order valence-electron chi connectivity index (χ0n) is 12.9. The third-order valence-corrected chi connectivity index (χ3v) is 3.78. The molecule has 0 saturated carbocycles. The first-order valence-corrected chi connectivity index (χ1v) is 7.31. The molecule has 0 saturated heterocycles. The van der Waals surface area contributed by atoms with Crippen molar-refractivity contribution in [2.75, 3.05) is 12.8 Å². The lowest BCUT2D eigenvalue weighted by molar-refractivity contribution is 0.218. The van der Waals surface area contributed by atoms with Crippen LogP contribution >= 0.6 is 0 Å². The highest BCUT2D eigenvalue weighted by Crippen LogP contribution is 2.21. The molecule has 0 amide bonds. The van der Waals surface area contributed by atoms with Gasteiger partial charge in [0.25, 0.3) is 0 Å². The summed E-state index contributed by atoms with van der Waals surface area (Å²) in [5, 5.41) is 1.04. The van der Waals surface area contributed by atoms with Gasteiger partial charge in [0.2, 0.25) is 0 Å². The number of rotatable bonds is 5. The number of para-hydroxylation sites is 1. The standard InChI is InChI=1S/C17H25N3/c1-12(2)9-13(3)20(4)11-14-10-16(18)15-7-5-6-8-17(15)19-14/h5-8,10,12-13H,9,11H2,1-4H3,(H2,18,19). The molecule has 2 aromatic rings. The number of hydrogen-bond donors (Lipinski definition) is 1. The van der Waals surface area contributed by atoms with Crippen LogP contribution in [0, 0.1) is 5.92 Å². The first kappa shape index (κ1) is 14.8. The smallest absolute Gasteiger partial charge is 0.0726 e. The monoisotopic (exact) mass is 271 g/mol. The topological polar surface area (TPSA) is 42.1 Å². The predicted octanol–water partition coefficient (Wildman–Crippen LogP) is 3.68. The average Bonchev–Trinajstić information content (AvgIpc) is 2.38. The lowest BCUT2D eigenvalue weighted by Gasteiger charge is -2.26. The van der Waals surface area contributed by atoms with Gasteiger partial charge < -0.3 is 5.73 Å². The Morgan fingerprint density at radius 1 is 1.20 bits per heavy atom. The molecule has 1 heterocycles. The van der Waals surface area contributed by atoms with Crippen molar-refractivity contribution in [2.45, 2.75) is 39.8 Å². The zero-order valence-corrected chi connectivity index (χ0v) is 12.9. The summed E-state index contributed by atoms with van der Waals surface area (Å²) in [6.45, 7) is 7.63. The van der Waals surface area contributed by atoms with Crippen LogP contribution in [0.3, 0.4) is 0 Å². The Kier molecular flexibility index (Phi) is 4.61. The van der Waals surface area contributed by atoms with E-state index in [1.807, 2.05) is 30.3 Å². The van der Waals surface area contributed by atoms with Crippen LogP contribution in [-0.2, 0) is 6.54 Å². The number of aromatic nitrogens is 1. The van der Waals surface area contributed by atoms with E-state index in [0.29, 0.717) is 12.0 Å². The number of nitrogen functional groups attached to an aromatic ring is 1. The van der Waals surface area contributed by atoms with Crippen LogP contribution in [-0.4, -0.2) is 23.0 Å². The van der Waals surface area contributed by atoms with Crippen molar-refractivity contribution in [1.29, 1.82) is 0 Å². The maximum atomic E-state index is 6.13. The second-order valence-electron chi connectivity index (χ2n) is 6.11. The fourth-order valence-corrected chi connectivity index (χ4v) is 2.61. The van der Waals surface area contributed by atoms with Crippen molar-refractivity contribution in [3.63, 3.8) is 0 Å². The van der Waals surface area contributed by atoms with Crippen molar-refractivity contribution in [3.05, 3.63) is 36.0 Å². The van der Waals surface area contributed by atoms with E-state index in [9.17, 15) is 0 Å². The third kappa shape index (κ3) is 3.48. The SMILES string of the molecule is CC(C)CC(C)N(C)Cc1cc(N)c2ccccc2n1. The van der Waals surface area contributed by atoms with E-state index in [2.05, 4.69) is 32.7 Å². The molecule has 2 N–H and O–H groups in total. The van der Waals surface area contributed by atoms with Gasteiger partial charge in [0.15, 0.2) is 0 Å². The Labute approximate surface area is 121 Å². The molecule has 0 aliphatic rings. The molecule has 1 unspecified atom stereocenters. The van der Waals surface area contributed by atoms with Crippen LogP contribution in [0.25, 0.3) is 10.9 Å². The molecule has 20 heavy (non-hydrogen) atoms. The number of benzene rings is 1. The van der Waals surface area contributed by atoms with Crippen LogP contribution in [0.4, 0.5) is 5.69 Å². The molecule has 1 atom stereocenters. The predicted molar refractivity (Wildman–Crippen MR) is 86.5 cm³/mol. The van der Waals surface area contributed by atoms with E-state index in [-0.39, 0.29) is 0 Å². The molecule has 0 fully saturated rings. The van der Waals surface area contributed by atoms with E-state index in [1.165, 1.54) is 6.42 Å². The maximum Gasteiger partial charge on any atom is 0.0726 e. The fourth-order valence-electron chi connectivity index (χ4n) is 2.61. The molecule has 3 heteroatoms. The minimum Gasteiger partial charge on any atom is -0.398 e. The lowest BCUT2D eigenvalue weighted by Crippen LogP contribution is -2.30. The second-order valence-corrected chi connectivity index (χ2v) is 6.11. The molecule has 1 aromatic heterocycles. The Hall–Kier alpha value is -1.61. The molecule has 0 aliphatic carbocycles. The van der Waals surface area contributed by atoms with Crippen LogP contribution in [0.5, 0.6) is 0 Å². The summed E-state index contributed by atoms with van der Waals surface area (Å²) < 4.78 is 0. The third-order valence-electron chi connectivity index (χ3n) is 3.78. The van der Waals surface area contributed by atoms with Gasteiger partial charge >= 0.3 is 0 Å². The normalized spacial score (nSPS) is 13.3. The summed E-state index contributed by atoms with van der Waals surface area (Å²) in [7, 11) is 2.15. The molecule has 0 radical (unpaired) electrons. The summed E-state index contributed by atoms with van der Waals surface area (Å²) in [5.74, 6) is 0.710. The van der Waals surface area contributed by atoms with Gasteiger partial charge in [-0.15, -0.1) is 0 Å².